The summed E-state index contributed by atoms with van der Waals surface area (Å²) >= 11 is 11.6. The van der Waals surface area contributed by atoms with Gasteiger partial charge in [0.1, 0.15) is 0 Å². The van der Waals surface area contributed by atoms with Crippen LogP contribution in [0.1, 0.15) is 25.3 Å². The molecule has 0 bridgehead atoms. The summed E-state index contributed by atoms with van der Waals surface area (Å²) in [4.78, 5) is 0.0739. The molecule has 0 atom stereocenters. The van der Waals surface area contributed by atoms with E-state index in [1.807, 2.05) is 12.1 Å². The van der Waals surface area contributed by atoms with Crippen LogP contribution in [0.5, 0.6) is 0 Å². The third-order valence-corrected chi connectivity index (χ3v) is 5.15. The predicted molar refractivity (Wildman–Crippen MR) is 87.8 cm³/mol. The van der Waals surface area contributed by atoms with Crippen molar-refractivity contribution < 1.29 is 8.42 Å². The molecule has 0 spiro atoms. The van der Waals surface area contributed by atoms with Gasteiger partial charge in [-0.05, 0) is 41.8 Å². The second kappa shape index (κ2) is 6.26. The molecule has 2 rings (SSSR count). The van der Waals surface area contributed by atoms with Gasteiger partial charge >= 0.3 is 0 Å². The van der Waals surface area contributed by atoms with E-state index in [0.29, 0.717) is 16.6 Å². The van der Waals surface area contributed by atoms with E-state index in [0.717, 1.165) is 5.56 Å². The molecule has 0 saturated heterocycles. The summed E-state index contributed by atoms with van der Waals surface area (Å²) in [5, 5.41) is 0.520. The van der Waals surface area contributed by atoms with Crippen molar-refractivity contribution in [2.45, 2.75) is 24.7 Å². The standard InChI is InChI=1S/C15H15Cl2NO2S/c1-10(2)11-3-5-12(6-4-11)18-21(19,20)13-7-8-14(16)15(17)9-13/h3-10,18H,1-2H3. The molecule has 2 aromatic rings. The van der Waals surface area contributed by atoms with Crippen LogP contribution in [-0.4, -0.2) is 8.42 Å². The number of nitrogens with one attached hydrogen (secondary N) is 1. The first-order chi connectivity index (χ1) is 9.79. The van der Waals surface area contributed by atoms with Crippen molar-refractivity contribution in [3.63, 3.8) is 0 Å². The zero-order chi connectivity index (χ0) is 15.6. The summed E-state index contributed by atoms with van der Waals surface area (Å²) in [6.45, 7) is 4.16. The molecule has 0 fully saturated rings. The van der Waals surface area contributed by atoms with Gasteiger partial charge < -0.3 is 0 Å². The summed E-state index contributed by atoms with van der Waals surface area (Å²) in [5.74, 6) is 0.394. The highest BCUT2D eigenvalue weighted by atomic mass is 35.5. The van der Waals surface area contributed by atoms with Gasteiger partial charge in [0.15, 0.2) is 0 Å². The number of anilines is 1. The van der Waals surface area contributed by atoms with Gasteiger partial charge in [-0.15, -0.1) is 0 Å². The van der Waals surface area contributed by atoms with Gasteiger partial charge in [-0.2, -0.15) is 0 Å². The monoisotopic (exact) mass is 343 g/mol. The minimum absolute atomic E-state index is 0.0739. The summed E-state index contributed by atoms with van der Waals surface area (Å²) in [7, 11) is -3.68. The van der Waals surface area contributed by atoms with Crippen LogP contribution in [0.3, 0.4) is 0 Å². The van der Waals surface area contributed by atoms with Crippen LogP contribution in [-0.2, 0) is 10.0 Å². The molecule has 0 heterocycles. The number of hydrogen-bond acceptors (Lipinski definition) is 2. The van der Waals surface area contributed by atoms with Crippen LogP contribution in [0.2, 0.25) is 10.0 Å². The van der Waals surface area contributed by atoms with Crippen molar-refractivity contribution in [3.05, 3.63) is 58.1 Å². The van der Waals surface area contributed by atoms with Crippen LogP contribution in [0, 0.1) is 0 Å². The Labute approximate surface area is 135 Å². The molecule has 0 aliphatic carbocycles. The number of halogens is 2. The average Bonchev–Trinajstić information content (AvgIpc) is 2.42. The number of sulfonamides is 1. The second-order valence-electron chi connectivity index (χ2n) is 4.96. The largest absolute Gasteiger partial charge is 0.280 e. The quantitative estimate of drug-likeness (QED) is 0.856. The molecule has 1 N–H and O–H groups in total. The smallest absolute Gasteiger partial charge is 0.261 e. The molecular formula is C15H15Cl2NO2S. The van der Waals surface area contributed by atoms with E-state index >= 15 is 0 Å². The molecule has 112 valence electrons. The Balaban J connectivity index is 2.26. The Morgan fingerprint density at radius 2 is 1.57 bits per heavy atom. The molecule has 0 radical (unpaired) electrons. The maximum Gasteiger partial charge on any atom is 0.261 e. The fraction of sp³-hybridized carbons (Fsp3) is 0.200. The summed E-state index contributed by atoms with van der Waals surface area (Å²) < 4.78 is 27.1. The number of benzene rings is 2. The molecule has 0 aliphatic heterocycles. The van der Waals surface area contributed by atoms with Crippen LogP contribution in [0.4, 0.5) is 5.69 Å². The van der Waals surface area contributed by atoms with Gasteiger partial charge in [0.25, 0.3) is 10.0 Å². The normalized spacial score (nSPS) is 11.7. The third-order valence-electron chi connectivity index (χ3n) is 3.03. The maximum absolute atomic E-state index is 12.3. The van der Waals surface area contributed by atoms with E-state index < -0.39 is 10.0 Å². The summed E-state index contributed by atoms with van der Waals surface area (Å²) in [6, 6.07) is 11.5. The molecule has 0 amide bonds. The number of hydrogen-bond donors (Lipinski definition) is 1. The molecular weight excluding hydrogens is 329 g/mol. The Kier molecular flexibility index (Phi) is 4.81. The molecule has 0 unspecified atom stereocenters. The SMILES string of the molecule is CC(C)c1ccc(NS(=O)(=O)c2ccc(Cl)c(Cl)c2)cc1. The second-order valence-corrected chi connectivity index (χ2v) is 7.45. The summed E-state index contributed by atoms with van der Waals surface area (Å²) in [5.41, 5.74) is 1.65. The fourth-order valence-electron chi connectivity index (χ4n) is 1.79. The Bertz CT molecular complexity index is 741. The maximum atomic E-state index is 12.3. The molecule has 3 nitrogen and oxygen atoms in total. The van der Waals surface area contributed by atoms with E-state index in [2.05, 4.69) is 18.6 Å². The van der Waals surface area contributed by atoms with Gasteiger partial charge in [-0.3, -0.25) is 4.72 Å². The minimum Gasteiger partial charge on any atom is -0.280 e. The Morgan fingerprint density at radius 3 is 2.10 bits per heavy atom. The lowest BCUT2D eigenvalue weighted by Gasteiger charge is -2.10. The third kappa shape index (κ3) is 3.90. The highest BCUT2D eigenvalue weighted by Crippen LogP contribution is 2.26. The molecule has 6 heteroatoms. The fourth-order valence-corrected chi connectivity index (χ4v) is 3.24. The highest BCUT2D eigenvalue weighted by molar-refractivity contribution is 7.92. The van der Waals surface area contributed by atoms with Crippen molar-refractivity contribution in [2.75, 3.05) is 4.72 Å². The average molecular weight is 344 g/mol. The van der Waals surface area contributed by atoms with Gasteiger partial charge in [0.2, 0.25) is 0 Å². The van der Waals surface area contributed by atoms with Crippen molar-refractivity contribution >= 4 is 38.9 Å². The molecule has 0 aliphatic rings. The molecule has 21 heavy (non-hydrogen) atoms. The zero-order valence-electron chi connectivity index (χ0n) is 11.6. The van der Waals surface area contributed by atoms with Crippen molar-refractivity contribution in [1.29, 1.82) is 0 Å². The van der Waals surface area contributed by atoms with Crippen LogP contribution in [0.15, 0.2) is 47.4 Å². The minimum atomic E-state index is -3.68. The van der Waals surface area contributed by atoms with Crippen molar-refractivity contribution in [1.82, 2.24) is 0 Å². The van der Waals surface area contributed by atoms with E-state index in [-0.39, 0.29) is 9.92 Å². The Hall–Kier alpha value is -1.23. The van der Waals surface area contributed by atoms with Gasteiger partial charge in [-0.25, -0.2) is 8.42 Å². The molecule has 0 saturated carbocycles. The first kappa shape index (κ1) is 16.1. The van der Waals surface area contributed by atoms with E-state index in [9.17, 15) is 8.42 Å². The molecule has 0 aromatic heterocycles. The molecule has 2 aromatic carbocycles. The van der Waals surface area contributed by atoms with E-state index in [1.54, 1.807) is 12.1 Å². The van der Waals surface area contributed by atoms with Crippen LogP contribution < -0.4 is 4.72 Å². The van der Waals surface area contributed by atoms with Crippen molar-refractivity contribution in [3.8, 4) is 0 Å². The lowest BCUT2D eigenvalue weighted by atomic mass is 10.0. The number of rotatable bonds is 4. The summed E-state index contributed by atoms with van der Waals surface area (Å²) in [6.07, 6.45) is 0. The van der Waals surface area contributed by atoms with E-state index in [1.165, 1.54) is 18.2 Å². The predicted octanol–water partition coefficient (Wildman–Crippen LogP) is 4.92. The first-order valence-corrected chi connectivity index (χ1v) is 8.61. The Morgan fingerprint density at radius 1 is 0.952 bits per heavy atom. The van der Waals surface area contributed by atoms with Crippen molar-refractivity contribution in [2.24, 2.45) is 0 Å². The van der Waals surface area contributed by atoms with Gasteiger partial charge in [-0.1, -0.05) is 49.2 Å². The van der Waals surface area contributed by atoms with Gasteiger partial charge in [0, 0.05) is 5.69 Å². The van der Waals surface area contributed by atoms with Crippen LogP contribution in [0.25, 0.3) is 0 Å². The zero-order valence-corrected chi connectivity index (χ0v) is 13.9. The highest BCUT2D eigenvalue weighted by Gasteiger charge is 2.15. The lowest BCUT2D eigenvalue weighted by Crippen LogP contribution is -2.12. The van der Waals surface area contributed by atoms with Crippen LogP contribution >= 0.6 is 23.2 Å². The lowest BCUT2D eigenvalue weighted by molar-refractivity contribution is 0.601. The topological polar surface area (TPSA) is 46.2 Å². The van der Waals surface area contributed by atoms with E-state index in [4.69, 9.17) is 23.2 Å². The first-order valence-electron chi connectivity index (χ1n) is 6.37. The van der Waals surface area contributed by atoms with Gasteiger partial charge in [0.05, 0.1) is 14.9 Å².